The van der Waals surface area contributed by atoms with Crippen LogP contribution in [0.4, 0.5) is 0 Å². The van der Waals surface area contributed by atoms with E-state index < -0.39 is 0 Å². The number of ether oxygens (including phenoxy) is 3. The number of rotatable bonds is 3. The van der Waals surface area contributed by atoms with Crippen molar-refractivity contribution in [1.29, 1.82) is 0 Å². The number of methoxy groups -OCH3 is 3. The Kier molecular flexibility index (Phi) is 8.91. The van der Waals surface area contributed by atoms with Crippen molar-refractivity contribution >= 4 is 12.4 Å². The molecule has 0 atom stereocenters. The number of nitrogens with zero attached hydrogens (tertiary/aromatic N) is 8. The third-order valence-electron chi connectivity index (χ3n) is 12.0. The lowest BCUT2D eigenvalue weighted by Crippen LogP contribution is -2.65. The molecule has 0 aromatic heterocycles. The molecular weight excluding hydrogens is 676 g/mol. The molecule has 0 spiro atoms. The van der Waals surface area contributed by atoms with Gasteiger partial charge in [0.25, 0.3) is 0 Å². The van der Waals surface area contributed by atoms with Gasteiger partial charge in [-0.1, -0.05) is 0 Å². The SMILES string of the molecule is COc1cc2c(O)c(c1)C=NCCN1CCN3C4c5cc(OC)cc(c5O)C3N4CCN(CCN=C2)CCN2C3c4cc(OC)cc(c4O)C2N3CC1. The maximum atomic E-state index is 11.3. The zero-order valence-corrected chi connectivity index (χ0v) is 30.6. The van der Waals surface area contributed by atoms with Crippen molar-refractivity contribution < 1.29 is 29.5 Å². The third kappa shape index (κ3) is 5.70. The average molecular weight is 725 g/mol. The molecule has 14 heteroatoms. The summed E-state index contributed by atoms with van der Waals surface area (Å²) in [5.41, 5.74) is 4.79. The molecule has 12 aliphatic rings. The Labute approximate surface area is 309 Å². The normalized spacial score (nSPS) is 32.7. The number of aliphatic imine (C=N–C) groups is 2. The number of hydrogen-bond acceptors (Lipinski definition) is 14. The van der Waals surface area contributed by atoms with Gasteiger partial charge in [-0.25, -0.2) is 0 Å². The van der Waals surface area contributed by atoms with E-state index in [-0.39, 0.29) is 30.4 Å². The van der Waals surface area contributed by atoms with Crippen LogP contribution in [0.25, 0.3) is 0 Å². The first-order chi connectivity index (χ1) is 25.9. The molecule has 3 aromatic rings. The minimum absolute atomic E-state index is 0.0351. The van der Waals surface area contributed by atoms with E-state index in [4.69, 9.17) is 24.2 Å². The number of aromatic hydroxyl groups is 3. The molecule has 12 aliphatic heterocycles. The minimum Gasteiger partial charge on any atom is -0.507 e. The van der Waals surface area contributed by atoms with Crippen LogP contribution in [0.3, 0.4) is 0 Å². The fraction of sp³-hybridized carbons (Fsp3) is 0.487. The Hall–Kier alpha value is -4.44. The molecule has 14 nitrogen and oxygen atoms in total. The lowest BCUT2D eigenvalue weighted by atomic mass is 9.87. The third-order valence-corrected chi connectivity index (χ3v) is 12.0. The standard InChI is InChI=1S/C39H48N8O6/c1-51-26-16-24-22-40-4-6-42-8-12-44-36-29-18-27(52-2)19-30(34(29)49)37(44)45(36)13-9-43(7-5-41-23-25(17-26)33(24)48)11-15-47-38-31-20-28(53-3)21-32(35(31)50)39(47)46(38)14-10-42/h16-23,36-39,48-50H,4-15H2,1-3H3. The number of phenolic OH excluding ortho intramolecular Hbond substituents is 3. The summed E-state index contributed by atoms with van der Waals surface area (Å²) in [5, 5.41) is 33.7. The topological polar surface area (TPSA) is 133 Å². The van der Waals surface area contributed by atoms with Gasteiger partial charge in [-0.2, -0.15) is 0 Å². The van der Waals surface area contributed by atoms with E-state index in [9.17, 15) is 15.3 Å². The van der Waals surface area contributed by atoms with Gasteiger partial charge in [-0.05, 0) is 36.4 Å². The van der Waals surface area contributed by atoms with Crippen molar-refractivity contribution in [2.45, 2.75) is 24.7 Å². The van der Waals surface area contributed by atoms with Gasteiger partial charge in [0.2, 0.25) is 0 Å². The first-order valence-electron chi connectivity index (χ1n) is 18.6. The molecule has 3 N–H and O–H groups in total. The predicted octanol–water partition coefficient (Wildman–Crippen LogP) is 2.96. The van der Waals surface area contributed by atoms with Crippen LogP contribution >= 0.6 is 0 Å². The van der Waals surface area contributed by atoms with Gasteiger partial charge in [0.15, 0.2) is 0 Å². The minimum atomic E-state index is -0.0351. The van der Waals surface area contributed by atoms with Crippen LogP contribution in [0.5, 0.6) is 34.5 Å². The largest absolute Gasteiger partial charge is 0.507 e. The zero-order chi connectivity index (χ0) is 36.4. The molecule has 0 radical (unpaired) electrons. The molecule has 0 aliphatic carbocycles. The molecular formula is C39H48N8O6. The number of phenols is 3. The van der Waals surface area contributed by atoms with Crippen molar-refractivity contribution in [3.63, 3.8) is 0 Å². The van der Waals surface area contributed by atoms with Gasteiger partial charge in [0, 0.05) is 111 Å². The monoisotopic (exact) mass is 724 g/mol. The summed E-state index contributed by atoms with van der Waals surface area (Å²) in [5.74, 6) is 3.10. The van der Waals surface area contributed by atoms with E-state index in [0.29, 0.717) is 41.5 Å². The molecule has 0 saturated carbocycles. The van der Waals surface area contributed by atoms with E-state index in [1.54, 1.807) is 45.9 Å². The quantitative estimate of drug-likeness (QED) is 0.367. The highest BCUT2D eigenvalue weighted by atomic mass is 16.5. The van der Waals surface area contributed by atoms with Crippen LogP contribution in [0.1, 0.15) is 58.0 Å². The molecule has 53 heavy (non-hydrogen) atoms. The van der Waals surface area contributed by atoms with Crippen molar-refractivity contribution in [2.24, 2.45) is 9.98 Å². The summed E-state index contributed by atoms with van der Waals surface area (Å²) in [6.45, 7) is 9.03. The molecule has 280 valence electrons. The first kappa shape index (κ1) is 34.3. The molecule has 16 bridgehead atoms. The Bertz CT molecular complexity index is 1730. The molecule has 12 heterocycles. The summed E-state index contributed by atoms with van der Waals surface area (Å²) in [6.07, 6.45) is 3.32. The van der Waals surface area contributed by atoms with Crippen molar-refractivity contribution in [2.75, 3.05) is 99.9 Å². The lowest BCUT2D eigenvalue weighted by molar-refractivity contribution is -0.204. The Morgan fingerprint density at radius 1 is 0.453 bits per heavy atom. The predicted molar refractivity (Wildman–Crippen MR) is 200 cm³/mol. The maximum Gasteiger partial charge on any atom is 0.133 e. The van der Waals surface area contributed by atoms with E-state index in [2.05, 4.69) is 29.4 Å². The highest BCUT2D eigenvalue weighted by Gasteiger charge is 2.55. The summed E-state index contributed by atoms with van der Waals surface area (Å²) in [4.78, 5) is 24.5. The van der Waals surface area contributed by atoms with Gasteiger partial charge in [0.1, 0.15) is 34.5 Å². The highest BCUT2D eigenvalue weighted by Crippen LogP contribution is 2.59. The fourth-order valence-corrected chi connectivity index (χ4v) is 9.28. The molecule has 3 aromatic carbocycles. The van der Waals surface area contributed by atoms with Gasteiger partial charge < -0.3 is 29.5 Å². The van der Waals surface area contributed by atoms with E-state index in [1.807, 2.05) is 24.3 Å². The van der Waals surface area contributed by atoms with Crippen LogP contribution in [-0.4, -0.2) is 157 Å². The Morgan fingerprint density at radius 2 is 0.774 bits per heavy atom. The van der Waals surface area contributed by atoms with E-state index in [0.717, 1.165) is 99.2 Å². The number of benzene rings is 3. The summed E-state index contributed by atoms with van der Waals surface area (Å²) in [7, 11) is 4.98. The van der Waals surface area contributed by atoms with Crippen molar-refractivity contribution in [3.05, 3.63) is 69.8 Å². The van der Waals surface area contributed by atoms with Crippen LogP contribution in [0, 0.1) is 0 Å². The van der Waals surface area contributed by atoms with Gasteiger partial charge >= 0.3 is 0 Å². The molecule has 0 unspecified atom stereocenters. The first-order valence-corrected chi connectivity index (χ1v) is 18.6. The molecule has 4 fully saturated rings. The molecule has 4 saturated heterocycles. The summed E-state index contributed by atoms with van der Waals surface area (Å²) in [6, 6.07) is 11.5. The number of hydrogen-bond donors (Lipinski definition) is 3. The van der Waals surface area contributed by atoms with Gasteiger partial charge in [-0.3, -0.25) is 39.4 Å². The van der Waals surface area contributed by atoms with Crippen molar-refractivity contribution in [1.82, 2.24) is 29.4 Å². The summed E-state index contributed by atoms with van der Waals surface area (Å²) >= 11 is 0. The fourth-order valence-electron chi connectivity index (χ4n) is 9.28. The van der Waals surface area contributed by atoms with Crippen molar-refractivity contribution in [3.8, 4) is 34.5 Å². The smallest absolute Gasteiger partial charge is 0.133 e. The second-order valence-electron chi connectivity index (χ2n) is 14.7. The van der Waals surface area contributed by atoms with Gasteiger partial charge in [0.05, 0.1) is 59.1 Å². The average Bonchev–Trinajstić information content (AvgIpc) is 3.13. The highest BCUT2D eigenvalue weighted by molar-refractivity contribution is 5.92. The summed E-state index contributed by atoms with van der Waals surface area (Å²) < 4.78 is 16.8. The maximum absolute atomic E-state index is 11.3. The zero-order valence-electron chi connectivity index (χ0n) is 30.6. The van der Waals surface area contributed by atoms with Crippen LogP contribution in [0.2, 0.25) is 0 Å². The Balaban J connectivity index is 1.07. The van der Waals surface area contributed by atoms with Crippen LogP contribution < -0.4 is 14.2 Å². The van der Waals surface area contributed by atoms with Gasteiger partial charge in [-0.15, -0.1) is 0 Å². The molecule has 15 rings (SSSR count). The lowest BCUT2D eigenvalue weighted by Gasteiger charge is -2.62. The second kappa shape index (κ2) is 13.8. The van der Waals surface area contributed by atoms with E-state index in [1.165, 1.54) is 0 Å². The Morgan fingerprint density at radius 3 is 1.09 bits per heavy atom. The second-order valence-corrected chi connectivity index (χ2v) is 14.7. The van der Waals surface area contributed by atoms with E-state index >= 15 is 0 Å². The van der Waals surface area contributed by atoms with Crippen LogP contribution in [0.15, 0.2) is 46.4 Å². The van der Waals surface area contributed by atoms with Crippen LogP contribution in [-0.2, 0) is 0 Å². The molecule has 0 amide bonds.